The number of pyridine rings is 3. The largest absolute Gasteiger partial charge is 0.256 e. The highest BCUT2D eigenvalue weighted by molar-refractivity contribution is 5.73. The lowest BCUT2D eigenvalue weighted by molar-refractivity contribution is 0.114. The van der Waals surface area contributed by atoms with Crippen LogP contribution in [0.5, 0.6) is 0 Å². The van der Waals surface area contributed by atoms with E-state index >= 15 is 0 Å². The van der Waals surface area contributed by atoms with Crippen LogP contribution in [-0.2, 0) is 19.3 Å². The highest BCUT2D eigenvalue weighted by atomic mass is 14.7. The van der Waals surface area contributed by atoms with E-state index < -0.39 is 18.6 Å². The average Bonchev–Trinajstić information content (AvgIpc) is 3.40. The summed E-state index contributed by atoms with van der Waals surface area (Å²) in [4.78, 5) is 14.5. The first-order valence-electron chi connectivity index (χ1n) is 27.1. The second-order valence-electron chi connectivity index (χ2n) is 19.4. The lowest BCUT2D eigenvalue weighted by Gasteiger charge is -2.43. The first-order valence-corrected chi connectivity index (χ1v) is 24.6. The minimum Gasteiger partial charge on any atom is -0.256 e. The molecule has 3 saturated carbocycles. The van der Waals surface area contributed by atoms with E-state index in [-0.39, 0.29) is 30.6 Å². The van der Waals surface area contributed by atoms with Crippen molar-refractivity contribution in [3.05, 3.63) is 186 Å². The fourth-order valence-electron chi connectivity index (χ4n) is 11.3. The van der Waals surface area contributed by atoms with Crippen molar-refractivity contribution < 1.29 is 6.85 Å². The molecule has 0 radical (unpaired) electrons. The Labute approximate surface area is 396 Å². The summed E-state index contributed by atoms with van der Waals surface area (Å²) in [5.74, 6) is -1.15. The van der Waals surface area contributed by atoms with Crippen LogP contribution in [0.15, 0.2) is 164 Å². The van der Waals surface area contributed by atoms with Gasteiger partial charge in [0, 0.05) is 42.1 Å². The van der Waals surface area contributed by atoms with Gasteiger partial charge in [-0.15, -0.1) is 0 Å². The Hall–Kier alpha value is -5.67. The molecule has 0 bridgehead atoms. The standard InChI is InChI=1S/C62H67N3/c1-5-13-54(14-6-1)59-31-24-46(43-63-59)19-21-48-39-49(22-20-47-25-32-60(64-44-47)55-15-7-2-8-16-55)41-50(40-48)23-26-57-45-65-61(56-17-9-3-10-18-56)42-58(57)53-29-27-51(28-30-53)52-33-37-62(38-34-52)35-11-4-12-36-62/h1-3,5-10,13-18,24-25,27-32,42-45,48-50,52H,4,11-12,19-23,26,33-41H2/i21D2,23D2,52D. The van der Waals surface area contributed by atoms with Crippen LogP contribution in [0.4, 0.5) is 0 Å². The Morgan fingerprint density at radius 1 is 0.477 bits per heavy atom. The average molecular weight is 859 g/mol. The monoisotopic (exact) mass is 859 g/mol. The summed E-state index contributed by atoms with van der Waals surface area (Å²) >= 11 is 0. The van der Waals surface area contributed by atoms with Gasteiger partial charge in [0.1, 0.15) is 0 Å². The first kappa shape index (κ1) is 37.5. The highest BCUT2D eigenvalue weighted by Crippen LogP contribution is 2.51. The van der Waals surface area contributed by atoms with E-state index in [0.29, 0.717) is 24.7 Å². The zero-order valence-electron chi connectivity index (χ0n) is 43.0. The van der Waals surface area contributed by atoms with Crippen LogP contribution in [0.1, 0.15) is 131 Å². The minimum absolute atomic E-state index is 0.136. The van der Waals surface area contributed by atoms with Gasteiger partial charge in [-0.3, -0.25) is 15.0 Å². The summed E-state index contributed by atoms with van der Waals surface area (Å²) in [5, 5.41) is 0. The Kier molecular flexibility index (Phi) is 11.9. The number of hydrogen-bond donors (Lipinski definition) is 0. The summed E-state index contributed by atoms with van der Waals surface area (Å²) < 4.78 is 49.0. The highest BCUT2D eigenvalue weighted by Gasteiger charge is 2.36. The van der Waals surface area contributed by atoms with E-state index in [9.17, 15) is 6.85 Å². The lowest BCUT2D eigenvalue weighted by Crippen LogP contribution is -2.29. The van der Waals surface area contributed by atoms with Gasteiger partial charge in [-0.05, 0) is 177 Å². The third-order valence-electron chi connectivity index (χ3n) is 15.1. The smallest absolute Gasteiger partial charge is 0.0708 e. The zero-order chi connectivity index (χ0) is 48.2. The number of nitrogens with zero attached hydrogens (tertiary/aromatic N) is 3. The molecule has 0 N–H and O–H groups in total. The van der Waals surface area contributed by atoms with Crippen molar-refractivity contribution in [2.45, 2.75) is 121 Å². The van der Waals surface area contributed by atoms with Crippen molar-refractivity contribution in [2.24, 2.45) is 23.2 Å². The molecule has 1 spiro atoms. The molecule has 330 valence electrons. The molecule has 0 saturated heterocycles. The van der Waals surface area contributed by atoms with Crippen LogP contribution in [0.3, 0.4) is 0 Å². The minimum atomic E-state index is -1.64. The van der Waals surface area contributed by atoms with E-state index in [1.54, 1.807) is 0 Å². The maximum Gasteiger partial charge on any atom is 0.0708 e. The van der Waals surface area contributed by atoms with Gasteiger partial charge >= 0.3 is 0 Å². The first-order chi connectivity index (χ1) is 33.9. The molecule has 3 aliphatic rings. The molecule has 0 amide bonds. The van der Waals surface area contributed by atoms with Crippen LogP contribution in [0.2, 0.25) is 0 Å². The molecule has 3 nitrogen and oxygen atoms in total. The maximum absolute atomic E-state index is 9.99. The molecule has 3 heterocycles. The summed E-state index contributed by atoms with van der Waals surface area (Å²) in [6.45, 7) is 0. The summed E-state index contributed by atoms with van der Waals surface area (Å²) in [6, 6.07) is 49.4. The second-order valence-corrected chi connectivity index (χ2v) is 19.4. The molecule has 0 aliphatic heterocycles. The zero-order valence-corrected chi connectivity index (χ0v) is 38.0. The van der Waals surface area contributed by atoms with E-state index in [2.05, 4.69) is 66.7 Å². The van der Waals surface area contributed by atoms with E-state index in [4.69, 9.17) is 15.0 Å². The second kappa shape index (κ2) is 20.7. The molecule has 3 atom stereocenters. The molecule has 3 heteroatoms. The Bertz CT molecular complexity index is 2780. The molecule has 65 heavy (non-hydrogen) atoms. The summed E-state index contributed by atoms with van der Waals surface area (Å²) in [7, 11) is 0. The molecule has 3 aliphatic carbocycles. The van der Waals surface area contributed by atoms with Gasteiger partial charge in [0.25, 0.3) is 0 Å². The molecule has 3 aromatic heterocycles. The van der Waals surface area contributed by atoms with Crippen molar-refractivity contribution >= 4 is 0 Å². The number of rotatable bonds is 14. The summed E-state index contributed by atoms with van der Waals surface area (Å²) in [6.07, 6.45) is 17.1. The number of aromatic nitrogens is 3. The van der Waals surface area contributed by atoms with E-state index in [1.807, 2.05) is 97.5 Å². The molecule has 3 fully saturated rings. The number of hydrogen-bond acceptors (Lipinski definition) is 3. The molecule has 10 rings (SSSR count). The fourth-order valence-corrected chi connectivity index (χ4v) is 11.3. The van der Waals surface area contributed by atoms with Gasteiger partial charge in [-0.2, -0.15) is 0 Å². The van der Waals surface area contributed by atoms with Crippen LogP contribution < -0.4 is 0 Å². The van der Waals surface area contributed by atoms with Crippen LogP contribution >= 0.6 is 0 Å². The van der Waals surface area contributed by atoms with Gasteiger partial charge in [-0.1, -0.05) is 147 Å². The van der Waals surface area contributed by atoms with Crippen molar-refractivity contribution in [3.63, 3.8) is 0 Å². The molecule has 4 aromatic carbocycles. The van der Waals surface area contributed by atoms with Gasteiger partial charge in [0.15, 0.2) is 0 Å². The Balaban J connectivity index is 0.914. The van der Waals surface area contributed by atoms with Crippen LogP contribution in [0.25, 0.3) is 44.9 Å². The Morgan fingerprint density at radius 3 is 1.57 bits per heavy atom. The third-order valence-corrected chi connectivity index (χ3v) is 15.1. The van der Waals surface area contributed by atoms with Gasteiger partial charge in [0.05, 0.1) is 17.1 Å². The third kappa shape index (κ3) is 10.9. The normalized spacial score (nSPS) is 21.9. The predicted molar refractivity (Wildman–Crippen MR) is 270 cm³/mol. The van der Waals surface area contributed by atoms with Crippen molar-refractivity contribution in [2.75, 3.05) is 0 Å². The van der Waals surface area contributed by atoms with Crippen molar-refractivity contribution in [3.8, 4) is 44.9 Å². The predicted octanol–water partition coefficient (Wildman–Crippen LogP) is 16.4. The quantitative estimate of drug-likeness (QED) is 0.109. The van der Waals surface area contributed by atoms with Gasteiger partial charge in [-0.25, -0.2) is 0 Å². The lowest BCUT2D eigenvalue weighted by atomic mass is 9.62. The number of benzene rings is 4. The van der Waals surface area contributed by atoms with E-state index in [1.165, 1.54) is 32.1 Å². The van der Waals surface area contributed by atoms with Crippen molar-refractivity contribution in [1.82, 2.24) is 15.0 Å². The SMILES string of the molecule is [2H]C1(c2ccc(-c3cc(-c4ccccc4)ncc3CC([2H])([2H])C3CC(CCc4ccc(-c5ccccc5)nc4)CC(C([2H])([2H])Cc4ccc(-c5ccccc5)nc4)C3)cc2)CCC2(CCCCC2)CC1. The number of aryl methyl sites for hydroxylation is 3. The molecular weight excluding hydrogens is 787 g/mol. The van der Waals surface area contributed by atoms with Crippen LogP contribution in [-0.4, -0.2) is 15.0 Å². The van der Waals surface area contributed by atoms with Gasteiger partial charge < -0.3 is 0 Å². The molecular formula is C62H67N3. The van der Waals surface area contributed by atoms with E-state index in [0.717, 1.165) is 106 Å². The topological polar surface area (TPSA) is 38.7 Å². The van der Waals surface area contributed by atoms with Gasteiger partial charge in [0.2, 0.25) is 0 Å². The molecule has 3 unspecified atom stereocenters. The maximum atomic E-state index is 9.99. The van der Waals surface area contributed by atoms with Crippen molar-refractivity contribution in [1.29, 1.82) is 0 Å². The van der Waals surface area contributed by atoms with Crippen LogP contribution in [0, 0.1) is 23.2 Å². The summed E-state index contributed by atoms with van der Waals surface area (Å²) in [5.41, 5.74) is 12.1. The Morgan fingerprint density at radius 2 is 1.00 bits per heavy atom. The fraction of sp³-hybridized carbons (Fsp3) is 0.371. The molecule has 7 aromatic rings.